The van der Waals surface area contributed by atoms with Crippen molar-refractivity contribution in [3.8, 4) is 11.6 Å². The van der Waals surface area contributed by atoms with Gasteiger partial charge in [0.05, 0.1) is 29.5 Å². The largest absolute Gasteiger partial charge is 0.511 e. The van der Waals surface area contributed by atoms with Gasteiger partial charge >= 0.3 is 6.16 Å². The van der Waals surface area contributed by atoms with Crippen molar-refractivity contribution in [2.75, 3.05) is 0 Å². The zero-order chi connectivity index (χ0) is 15.9. The predicted octanol–water partition coefficient (Wildman–Crippen LogP) is 2.09. The summed E-state index contributed by atoms with van der Waals surface area (Å²) in [4.78, 5) is 26.6. The Kier molecular flexibility index (Phi) is 3.47. The summed E-state index contributed by atoms with van der Waals surface area (Å²) in [6.07, 6.45) is 0.760. The fourth-order valence-electron chi connectivity index (χ4n) is 1.79. The SMILES string of the molecule is O=C(O)Oc1cn(-c2cnsn2)c2nc(Cl)c(F)cc2c1=O. The predicted molar refractivity (Wildman–Crippen MR) is 74.4 cm³/mol. The van der Waals surface area contributed by atoms with Gasteiger partial charge in [-0.05, 0) is 6.07 Å². The quantitative estimate of drug-likeness (QED) is 0.561. The van der Waals surface area contributed by atoms with E-state index in [1.165, 1.54) is 10.8 Å². The Morgan fingerprint density at radius 3 is 2.91 bits per heavy atom. The lowest BCUT2D eigenvalue weighted by Crippen LogP contribution is -2.17. The van der Waals surface area contributed by atoms with Crippen molar-refractivity contribution in [3.63, 3.8) is 0 Å². The van der Waals surface area contributed by atoms with Gasteiger partial charge in [0, 0.05) is 0 Å². The highest BCUT2D eigenvalue weighted by molar-refractivity contribution is 6.99. The molecule has 0 aliphatic heterocycles. The van der Waals surface area contributed by atoms with Gasteiger partial charge in [0.25, 0.3) is 0 Å². The van der Waals surface area contributed by atoms with Gasteiger partial charge in [-0.3, -0.25) is 9.36 Å². The number of hydrogen-bond donors (Lipinski definition) is 1. The third-order valence-corrected chi connectivity index (χ3v) is 3.38. The molecule has 3 rings (SSSR count). The van der Waals surface area contributed by atoms with Crippen LogP contribution in [0.1, 0.15) is 0 Å². The van der Waals surface area contributed by atoms with Crippen molar-refractivity contribution >= 4 is 40.5 Å². The number of carboxylic acid groups (broad SMARTS) is 1. The molecule has 0 amide bonds. The number of hydrogen-bond acceptors (Lipinski definition) is 7. The summed E-state index contributed by atoms with van der Waals surface area (Å²) in [5.41, 5.74) is -0.832. The highest BCUT2D eigenvalue weighted by atomic mass is 35.5. The minimum atomic E-state index is -1.68. The Morgan fingerprint density at radius 2 is 2.27 bits per heavy atom. The molecule has 0 unspecified atom stereocenters. The monoisotopic (exact) mass is 342 g/mol. The number of rotatable bonds is 2. The van der Waals surface area contributed by atoms with Crippen LogP contribution in [0.2, 0.25) is 5.15 Å². The fourth-order valence-corrected chi connectivity index (χ4v) is 2.33. The summed E-state index contributed by atoms with van der Waals surface area (Å²) in [7, 11) is 0. The van der Waals surface area contributed by atoms with E-state index >= 15 is 0 Å². The lowest BCUT2D eigenvalue weighted by atomic mass is 10.2. The molecule has 22 heavy (non-hydrogen) atoms. The molecule has 8 nitrogen and oxygen atoms in total. The van der Waals surface area contributed by atoms with E-state index in [-0.39, 0.29) is 16.9 Å². The summed E-state index contributed by atoms with van der Waals surface area (Å²) in [6.45, 7) is 0. The maximum Gasteiger partial charge on any atom is 0.511 e. The van der Waals surface area contributed by atoms with E-state index in [1.807, 2.05) is 0 Å². The number of pyridine rings is 2. The van der Waals surface area contributed by atoms with Crippen molar-refractivity contribution in [1.82, 2.24) is 18.3 Å². The van der Waals surface area contributed by atoms with Gasteiger partial charge in [-0.15, -0.1) is 0 Å². The molecule has 0 saturated heterocycles. The summed E-state index contributed by atoms with van der Waals surface area (Å²) < 4.78 is 27.0. The average Bonchev–Trinajstić information content (AvgIpc) is 2.98. The lowest BCUT2D eigenvalue weighted by molar-refractivity contribution is 0.144. The molecule has 3 aromatic rings. The number of fused-ring (bicyclic) bond motifs is 1. The highest BCUT2D eigenvalue weighted by Gasteiger charge is 2.18. The van der Waals surface area contributed by atoms with Gasteiger partial charge in [-0.25, -0.2) is 14.2 Å². The van der Waals surface area contributed by atoms with E-state index in [1.54, 1.807) is 0 Å². The molecule has 0 aromatic carbocycles. The Morgan fingerprint density at radius 1 is 1.50 bits per heavy atom. The van der Waals surface area contributed by atoms with Gasteiger partial charge in [0.15, 0.2) is 28.2 Å². The molecule has 0 saturated carbocycles. The zero-order valence-corrected chi connectivity index (χ0v) is 11.9. The summed E-state index contributed by atoms with van der Waals surface area (Å²) in [5.74, 6) is -1.18. The number of nitrogens with zero attached hydrogens (tertiary/aromatic N) is 4. The minimum absolute atomic E-state index is 0.00170. The van der Waals surface area contributed by atoms with Crippen LogP contribution in [0, 0.1) is 5.82 Å². The first-order valence-corrected chi connectivity index (χ1v) is 6.68. The van der Waals surface area contributed by atoms with Crippen LogP contribution in [0.4, 0.5) is 9.18 Å². The second-order valence-electron chi connectivity index (χ2n) is 3.96. The van der Waals surface area contributed by atoms with Crippen LogP contribution < -0.4 is 10.2 Å². The van der Waals surface area contributed by atoms with Crippen molar-refractivity contribution in [2.45, 2.75) is 0 Å². The van der Waals surface area contributed by atoms with E-state index in [9.17, 15) is 14.0 Å². The Bertz CT molecular complexity index is 943. The molecule has 3 aromatic heterocycles. The van der Waals surface area contributed by atoms with E-state index in [0.717, 1.165) is 24.0 Å². The van der Waals surface area contributed by atoms with Crippen LogP contribution in [-0.2, 0) is 0 Å². The van der Waals surface area contributed by atoms with E-state index in [0.29, 0.717) is 0 Å². The van der Waals surface area contributed by atoms with Crippen molar-refractivity contribution in [2.24, 2.45) is 0 Å². The Labute approximate surface area is 129 Å². The number of ether oxygens (including phenoxy) is 1. The molecule has 3 heterocycles. The van der Waals surface area contributed by atoms with Gasteiger partial charge < -0.3 is 9.84 Å². The number of aromatic nitrogens is 4. The molecule has 1 N–H and O–H groups in total. The summed E-state index contributed by atoms with van der Waals surface area (Å²) in [5, 5.41) is 8.04. The first-order chi connectivity index (χ1) is 10.5. The standard InChI is InChI=1S/C11H4ClFN4O4S/c12-9-5(13)1-4-8(18)6(21-11(19)20)3-17(10(4)15-9)7-2-14-22-16-7/h1-3H,(H,19,20). The first kappa shape index (κ1) is 14.4. The molecular formula is C11H4ClFN4O4S. The summed E-state index contributed by atoms with van der Waals surface area (Å²) in [6, 6.07) is 0.859. The maximum atomic E-state index is 13.6. The van der Waals surface area contributed by atoms with Crippen LogP contribution >= 0.6 is 23.3 Å². The lowest BCUT2D eigenvalue weighted by Gasteiger charge is -2.09. The Balaban J connectivity index is 2.41. The van der Waals surface area contributed by atoms with Crippen molar-refractivity contribution in [1.29, 1.82) is 0 Å². The molecule has 112 valence electrons. The van der Waals surface area contributed by atoms with Gasteiger partial charge in [-0.2, -0.15) is 8.75 Å². The molecule has 0 spiro atoms. The number of halogens is 2. The van der Waals surface area contributed by atoms with Crippen molar-refractivity contribution in [3.05, 3.63) is 39.7 Å². The molecule has 0 aliphatic carbocycles. The topological polar surface area (TPSA) is 107 Å². The second kappa shape index (κ2) is 5.31. The van der Waals surface area contributed by atoms with Gasteiger partial charge in [0.1, 0.15) is 0 Å². The van der Waals surface area contributed by atoms with E-state index < -0.39 is 28.3 Å². The summed E-state index contributed by atoms with van der Waals surface area (Å²) >= 11 is 6.52. The average molecular weight is 343 g/mol. The zero-order valence-electron chi connectivity index (χ0n) is 10.4. The third-order valence-electron chi connectivity index (χ3n) is 2.65. The van der Waals surface area contributed by atoms with Gasteiger partial charge in [-0.1, -0.05) is 11.6 Å². The molecule has 0 bridgehead atoms. The normalized spacial score (nSPS) is 10.8. The van der Waals surface area contributed by atoms with Crippen LogP contribution in [0.3, 0.4) is 0 Å². The molecule has 0 fully saturated rings. The van der Waals surface area contributed by atoms with Crippen LogP contribution in [-0.4, -0.2) is 29.6 Å². The molecule has 0 atom stereocenters. The fraction of sp³-hybridized carbons (Fsp3) is 0. The molecule has 11 heteroatoms. The third kappa shape index (κ3) is 2.38. The molecule has 0 radical (unpaired) electrons. The first-order valence-electron chi connectivity index (χ1n) is 5.57. The molecule has 0 aliphatic rings. The van der Waals surface area contributed by atoms with Crippen LogP contribution in [0.15, 0.2) is 23.3 Å². The van der Waals surface area contributed by atoms with E-state index in [2.05, 4.69) is 18.5 Å². The molecular weight excluding hydrogens is 339 g/mol. The van der Waals surface area contributed by atoms with Crippen molar-refractivity contribution < 1.29 is 19.0 Å². The Hall–Kier alpha value is -2.59. The maximum absolute atomic E-state index is 13.6. The number of carbonyl (C=O) groups is 1. The van der Waals surface area contributed by atoms with Gasteiger partial charge in [0.2, 0.25) is 5.43 Å². The van der Waals surface area contributed by atoms with E-state index in [4.69, 9.17) is 16.7 Å². The second-order valence-corrected chi connectivity index (χ2v) is 4.87. The highest BCUT2D eigenvalue weighted by Crippen LogP contribution is 2.22. The van der Waals surface area contributed by atoms with Crippen LogP contribution in [0.5, 0.6) is 5.75 Å². The minimum Gasteiger partial charge on any atom is -0.449 e. The smallest absolute Gasteiger partial charge is 0.449 e. The van der Waals surface area contributed by atoms with Crippen LogP contribution in [0.25, 0.3) is 16.9 Å².